The number of nitrogens with zero attached hydrogens (tertiary/aromatic N) is 2. The molecule has 10 heteroatoms. The van der Waals surface area contributed by atoms with Gasteiger partial charge in [0.05, 0.1) is 22.4 Å². The fourth-order valence-corrected chi connectivity index (χ4v) is 4.02. The van der Waals surface area contributed by atoms with Gasteiger partial charge in [0.1, 0.15) is 6.54 Å². The second kappa shape index (κ2) is 9.44. The van der Waals surface area contributed by atoms with Gasteiger partial charge < -0.3 is 14.6 Å². The smallest absolute Gasteiger partial charge is 0.383 e. The molecule has 0 aliphatic heterocycles. The molecular weight excluding hydrogens is 431 g/mol. The van der Waals surface area contributed by atoms with Gasteiger partial charge in [0.15, 0.2) is 4.80 Å². The average molecular weight is 451 g/mol. The summed E-state index contributed by atoms with van der Waals surface area (Å²) in [6.45, 7) is 2.49. The molecule has 0 unspecified atom stereocenters. The van der Waals surface area contributed by atoms with Gasteiger partial charge in [-0.05, 0) is 42.8 Å². The summed E-state index contributed by atoms with van der Waals surface area (Å²) in [6.07, 6.45) is -4.56. The molecule has 0 fully saturated rings. The summed E-state index contributed by atoms with van der Waals surface area (Å²) in [7, 11) is 1.52. The number of ether oxygens (including phenoxy) is 1. The first kappa shape index (κ1) is 22.7. The van der Waals surface area contributed by atoms with Crippen LogP contribution in [-0.2, 0) is 22.3 Å². The third-order valence-electron chi connectivity index (χ3n) is 4.40. The van der Waals surface area contributed by atoms with E-state index in [2.05, 4.69) is 10.3 Å². The van der Waals surface area contributed by atoms with E-state index in [1.807, 2.05) is 25.1 Å². The number of aryl methyl sites for hydroxylation is 1. The highest BCUT2D eigenvalue weighted by Crippen LogP contribution is 2.29. The van der Waals surface area contributed by atoms with Crippen molar-refractivity contribution in [3.63, 3.8) is 0 Å². The van der Waals surface area contributed by atoms with Gasteiger partial charge in [-0.1, -0.05) is 23.5 Å². The number of hydrogen-bond acceptors (Lipinski definition) is 4. The van der Waals surface area contributed by atoms with Crippen molar-refractivity contribution in [3.8, 4) is 0 Å². The number of nitrogens with one attached hydrogen (secondary N) is 1. The number of rotatable bonds is 6. The van der Waals surface area contributed by atoms with E-state index in [1.54, 1.807) is 4.57 Å². The number of aromatic nitrogens is 1. The zero-order valence-electron chi connectivity index (χ0n) is 16.8. The van der Waals surface area contributed by atoms with Crippen LogP contribution in [0.5, 0.6) is 0 Å². The SMILES string of the molecule is COCCNC(=O)Cn1c(=NC(=O)c2cccc(C(F)(F)F)c2)sc2cc(C)ccc21. The fraction of sp³-hybridized carbons (Fsp3) is 0.286. The molecule has 1 N–H and O–H groups in total. The molecule has 2 aromatic carbocycles. The maximum absolute atomic E-state index is 13.0. The molecule has 0 aliphatic carbocycles. The lowest BCUT2D eigenvalue weighted by molar-refractivity contribution is -0.137. The number of thiazole rings is 1. The van der Waals surface area contributed by atoms with E-state index in [0.717, 1.165) is 28.5 Å². The normalized spacial score (nSPS) is 12.4. The van der Waals surface area contributed by atoms with Crippen molar-refractivity contribution in [2.24, 2.45) is 4.99 Å². The first-order valence-corrected chi connectivity index (χ1v) is 10.1. The summed E-state index contributed by atoms with van der Waals surface area (Å²) in [4.78, 5) is 29.2. The molecule has 0 spiro atoms. The standard InChI is InChI=1S/C21H20F3N3O3S/c1-13-6-7-16-17(10-13)31-20(27(16)12-18(28)25-8-9-30-2)26-19(29)14-4-3-5-15(11-14)21(22,23)24/h3-7,10-11H,8-9,12H2,1-2H3,(H,25,28). The van der Waals surface area contributed by atoms with Gasteiger partial charge >= 0.3 is 6.18 Å². The monoisotopic (exact) mass is 451 g/mol. The topological polar surface area (TPSA) is 72.7 Å². The lowest BCUT2D eigenvalue weighted by Crippen LogP contribution is -2.33. The molecule has 6 nitrogen and oxygen atoms in total. The van der Waals surface area contributed by atoms with E-state index >= 15 is 0 Å². The molecule has 2 amide bonds. The Balaban J connectivity index is 2.01. The Morgan fingerprint density at radius 3 is 2.68 bits per heavy atom. The second-order valence-electron chi connectivity index (χ2n) is 6.78. The van der Waals surface area contributed by atoms with Crippen molar-refractivity contribution in [2.45, 2.75) is 19.6 Å². The van der Waals surface area contributed by atoms with Crippen molar-refractivity contribution in [2.75, 3.05) is 20.3 Å². The maximum atomic E-state index is 13.0. The third-order valence-corrected chi connectivity index (χ3v) is 5.44. The number of amides is 2. The maximum Gasteiger partial charge on any atom is 0.416 e. The van der Waals surface area contributed by atoms with Gasteiger partial charge in [0.2, 0.25) is 5.91 Å². The first-order chi connectivity index (χ1) is 14.7. The zero-order valence-corrected chi connectivity index (χ0v) is 17.6. The summed E-state index contributed by atoms with van der Waals surface area (Å²) >= 11 is 1.19. The van der Waals surface area contributed by atoms with Crippen molar-refractivity contribution in [1.29, 1.82) is 0 Å². The number of benzene rings is 2. The van der Waals surface area contributed by atoms with Crippen molar-refractivity contribution < 1.29 is 27.5 Å². The van der Waals surface area contributed by atoms with E-state index < -0.39 is 17.6 Å². The van der Waals surface area contributed by atoms with Crippen LogP contribution in [0.15, 0.2) is 47.5 Å². The van der Waals surface area contributed by atoms with Crippen LogP contribution in [0.25, 0.3) is 10.2 Å². The molecule has 3 rings (SSSR count). The van der Waals surface area contributed by atoms with Gasteiger partial charge in [-0.25, -0.2) is 0 Å². The lowest BCUT2D eigenvalue weighted by Gasteiger charge is -2.08. The molecule has 0 saturated heterocycles. The Kier molecular flexibility index (Phi) is 6.91. The summed E-state index contributed by atoms with van der Waals surface area (Å²) in [6, 6.07) is 9.68. The summed E-state index contributed by atoms with van der Waals surface area (Å²) in [5, 5.41) is 2.70. The number of hydrogen-bond donors (Lipinski definition) is 1. The molecule has 0 bridgehead atoms. The number of fused-ring (bicyclic) bond motifs is 1. The van der Waals surface area contributed by atoms with Crippen molar-refractivity contribution in [3.05, 3.63) is 64.0 Å². The Hall–Kier alpha value is -2.98. The van der Waals surface area contributed by atoms with Crippen molar-refractivity contribution in [1.82, 2.24) is 9.88 Å². The minimum Gasteiger partial charge on any atom is -0.383 e. The number of alkyl halides is 3. The van der Waals surface area contributed by atoms with Crippen LogP contribution in [0.2, 0.25) is 0 Å². The van der Waals surface area contributed by atoms with Crippen LogP contribution < -0.4 is 10.1 Å². The summed E-state index contributed by atoms with van der Waals surface area (Å²) < 4.78 is 46.2. The first-order valence-electron chi connectivity index (χ1n) is 9.31. The zero-order chi connectivity index (χ0) is 22.6. The minimum absolute atomic E-state index is 0.0958. The van der Waals surface area contributed by atoms with Crippen LogP contribution >= 0.6 is 11.3 Å². The highest BCUT2D eigenvalue weighted by atomic mass is 32.1. The van der Waals surface area contributed by atoms with E-state index in [4.69, 9.17) is 4.74 Å². The molecule has 0 atom stereocenters. The molecule has 0 radical (unpaired) electrons. The molecule has 0 saturated carbocycles. The molecule has 1 heterocycles. The Morgan fingerprint density at radius 2 is 1.97 bits per heavy atom. The summed E-state index contributed by atoms with van der Waals surface area (Å²) in [5.74, 6) is -1.12. The van der Waals surface area contributed by atoms with Crippen LogP contribution in [0, 0.1) is 6.92 Å². The largest absolute Gasteiger partial charge is 0.416 e. The number of methoxy groups -OCH3 is 1. The number of halogens is 3. The highest BCUT2D eigenvalue weighted by molar-refractivity contribution is 7.16. The molecule has 3 aromatic rings. The second-order valence-corrected chi connectivity index (χ2v) is 7.79. The Bertz CT molecular complexity index is 1180. The van der Waals surface area contributed by atoms with E-state index in [1.165, 1.54) is 24.5 Å². The Morgan fingerprint density at radius 1 is 1.19 bits per heavy atom. The van der Waals surface area contributed by atoms with Crippen molar-refractivity contribution >= 4 is 33.4 Å². The predicted molar refractivity (Wildman–Crippen MR) is 111 cm³/mol. The van der Waals surface area contributed by atoms with E-state index in [9.17, 15) is 22.8 Å². The minimum atomic E-state index is -4.56. The number of carbonyl (C=O) groups is 2. The predicted octanol–water partition coefficient (Wildman–Crippen LogP) is 3.53. The van der Waals surface area contributed by atoms with Crippen LogP contribution in [0.4, 0.5) is 13.2 Å². The fourth-order valence-electron chi connectivity index (χ4n) is 2.89. The van der Waals surface area contributed by atoms with E-state index in [0.29, 0.717) is 18.7 Å². The van der Waals surface area contributed by atoms with Gasteiger partial charge in [-0.15, -0.1) is 0 Å². The van der Waals surface area contributed by atoms with Gasteiger partial charge in [0.25, 0.3) is 5.91 Å². The average Bonchev–Trinajstić information content (AvgIpc) is 3.03. The molecule has 1 aromatic heterocycles. The summed E-state index contributed by atoms with van der Waals surface area (Å²) in [5.41, 5.74) is 0.583. The Labute approximate surface area is 180 Å². The highest BCUT2D eigenvalue weighted by Gasteiger charge is 2.30. The van der Waals surface area contributed by atoms with Crippen LogP contribution in [0.3, 0.4) is 0 Å². The van der Waals surface area contributed by atoms with E-state index in [-0.39, 0.29) is 22.8 Å². The molecule has 164 valence electrons. The van der Waals surface area contributed by atoms with Gasteiger partial charge in [0, 0.05) is 19.2 Å². The molecule has 31 heavy (non-hydrogen) atoms. The molecule has 0 aliphatic rings. The van der Waals surface area contributed by atoms with Crippen LogP contribution in [0.1, 0.15) is 21.5 Å². The number of carbonyl (C=O) groups excluding carboxylic acids is 2. The lowest BCUT2D eigenvalue weighted by atomic mass is 10.1. The van der Waals surface area contributed by atoms with Gasteiger partial charge in [-0.3, -0.25) is 9.59 Å². The van der Waals surface area contributed by atoms with Gasteiger partial charge in [-0.2, -0.15) is 18.2 Å². The van der Waals surface area contributed by atoms with Crippen LogP contribution in [-0.4, -0.2) is 36.6 Å². The molecular formula is C21H20F3N3O3S. The third kappa shape index (κ3) is 5.59. The quantitative estimate of drug-likeness (QED) is 0.583.